The van der Waals surface area contributed by atoms with Crippen LogP contribution in [0.1, 0.15) is 74.6 Å². The molecule has 0 spiro atoms. The van der Waals surface area contributed by atoms with Crippen LogP contribution >= 0.6 is 0 Å². The van der Waals surface area contributed by atoms with Crippen molar-refractivity contribution in [1.29, 1.82) is 0 Å². The molecule has 1 aliphatic rings. The molecule has 24 heavy (non-hydrogen) atoms. The fraction of sp³-hybridized carbons (Fsp3) is 0.500. The van der Waals surface area contributed by atoms with Crippen LogP contribution in [0.5, 0.6) is 0 Å². The zero-order valence-corrected chi connectivity index (χ0v) is 14.8. The third kappa shape index (κ3) is 7.63. The molecular weight excluding hydrogens is 294 g/mol. The van der Waals surface area contributed by atoms with Gasteiger partial charge < -0.3 is 5.32 Å². The van der Waals surface area contributed by atoms with Crippen LogP contribution in [0.3, 0.4) is 0 Å². The van der Waals surface area contributed by atoms with Crippen molar-refractivity contribution >= 4 is 5.91 Å². The third-order valence-electron chi connectivity index (χ3n) is 4.67. The van der Waals surface area contributed by atoms with E-state index >= 15 is 0 Å². The van der Waals surface area contributed by atoms with Crippen molar-refractivity contribution in [1.82, 2.24) is 5.32 Å². The van der Waals surface area contributed by atoms with Gasteiger partial charge in [0.25, 0.3) is 5.91 Å². The van der Waals surface area contributed by atoms with E-state index in [1.807, 2.05) is 54.6 Å². The normalized spacial score (nSPS) is 17.2. The summed E-state index contributed by atoms with van der Waals surface area (Å²) < 4.78 is 0. The molecule has 0 unspecified atom stereocenters. The van der Waals surface area contributed by atoms with Crippen molar-refractivity contribution in [3.8, 4) is 0 Å². The molecule has 130 valence electrons. The second-order valence-electron chi connectivity index (χ2n) is 6.71. The molecule has 1 amide bonds. The van der Waals surface area contributed by atoms with Crippen LogP contribution in [-0.2, 0) is 0 Å². The van der Waals surface area contributed by atoms with Gasteiger partial charge in [-0.15, -0.1) is 0 Å². The van der Waals surface area contributed by atoms with Crippen molar-refractivity contribution in [2.75, 3.05) is 0 Å². The minimum atomic E-state index is 0.0497. The van der Waals surface area contributed by atoms with Gasteiger partial charge in [-0.05, 0) is 25.0 Å². The van der Waals surface area contributed by atoms with Gasteiger partial charge in [0.2, 0.25) is 0 Å². The summed E-state index contributed by atoms with van der Waals surface area (Å²) in [5.74, 6) is 0.0497. The zero-order valence-electron chi connectivity index (χ0n) is 14.8. The molecule has 0 bridgehead atoms. The average molecular weight is 325 g/mol. The summed E-state index contributed by atoms with van der Waals surface area (Å²) in [6.45, 7) is 0. The minimum absolute atomic E-state index is 0.0497. The van der Waals surface area contributed by atoms with Crippen LogP contribution in [0.15, 0.2) is 54.6 Å². The van der Waals surface area contributed by atoms with E-state index in [1.54, 1.807) is 0 Å². The molecule has 0 atom stereocenters. The topological polar surface area (TPSA) is 29.1 Å². The predicted octanol–water partition coefficient (Wildman–Crippen LogP) is 5.82. The summed E-state index contributed by atoms with van der Waals surface area (Å²) in [6, 6.07) is 17.7. The Morgan fingerprint density at radius 3 is 1.58 bits per heavy atom. The molecular formula is C22H31NO. The van der Waals surface area contributed by atoms with E-state index in [0.29, 0.717) is 6.04 Å². The zero-order chi connectivity index (χ0) is 16.9. The van der Waals surface area contributed by atoms with Gasteiger partial charge in [-0.2, -0.15) is 0 Å². The van der Waals surface area contributed by atoms with Crippen LogP contribution in [0.25, 0.3) is 0 Å². The quantitative estimate of drug-likeness (QED) is 0.729. The lowest BCUT2D eigenvalue weighted by Gasteiger charge is -2.18. The number of nitrogens with one attached hydrogen (secondary N) is 1. The van der Waals surface area contributed by atoms with Crippen molar-refractivity contribution in [2.45, 2.75) is 70.3 Å². The summed E-state index contributed by atoms with van der Waals surface area (Å²) in [4.78, 5) is 12.6. The summed E-state index contributed by atoms with van der Waals surface area (Å²) in [5, 5.41) is 3.27. The first-order chi connectivity index (χ1) is 11.9. The molecule has 0 aliphatic heterocycles. The van der Waals surface area contributed by atoms with E-state index in [2.05, 4.69) is 5.32 Å². The van der Waals surface area contributed by atoms with Gasteiger partial charge in [-0.25, -0.2) is 0 Å². The highest BCUT2D eigenvalue weighted by molar-refractivity contribution is 5.94. The van der Waals surface area contributed by atoms with Crippen molar-refractivity contribution in [3.63, 3.8) is 0 Å². The number of rotatable bonds is 2. The van der Waals surface area contributed by atoms with E-state index in [1.165, 1.54) is 51.4 Å². The van der Waals surface area contributed by atoms with Gasteiger partial charge in [0.1, 0.15) is 0 Å². The van der Waals surface area contributed by atoms with Gasteiger partial charge in [-0.1, -0.05) is 93.8 Å². The number of hydrogen-bond acceptors (Lipinski definition) is 1. The van der Waals surface area contributed by atoms with Gasteiger partial charge >= 0.3 is 0 Å². The largest absolute Gasteiger partial charge is 0.349 e. The van der Waals surface area contributed by atoms with Crippen LogP contribution in [0.2, 0.25) is 0 Å². The maximum Gasteiger partial charge on any atom is 0.251 e. The van der Waals surface area contributed by atoms with Gasteiger partial charge in [0, 0.05) is 11.6 Å². The molecule has 1 N–H and O–H groups in total. The average Bonchev–Trinajstić information content (AvgIpc) is 2.65. The Kier molecular flexibility index (Phi) is 9.00. The molecule has 0 heterocycles. The van der Waals surface area contributed by atoms with Crippen LogP contribution in [0, 0.1) is 0 Å². The number of carbonyl (C=O) groups is 1. The Bertz CT molecular complexity index is 502. The smallest absolute Gasteiger partial charge is 0.251 e. The maximum absolute atomic E-state index is 12.6. The van der Waals surface area contributed by atoms with Crippen LogP contribution < -0.4 is 5.32 Å². The molecule has 2 heteroatoms. The lowest BCUT2D eigenvalue weighted by Crippen LogP contribution is -2.34. The Morgan fingerprint density at radius 2 is 1.08 bits per heavy atom. The minimum Gasteiger partial charge on any atom is -0.349 e. The third-order valence-corrected chi connectivity index (χ3v) is 4.67. The molecule has 2 rings (SSSR count). The van der Waals surface area contributed by atoms with E-state index < -0.39 is 0 Å². The Hall–Kier alpha value is -1.83. The van der Waals surface area contributed by atoms with Crippen LogP contribution in [-0.4, -0.2) is 11.9 Å². The lowest BCUT2D eigenvalue weighted by atomic mass is 10.0. The highest BCUT2D eigenvalue weighted by Crippen LogP contribution is 2.17. The summed E-state index contributed by atoms with van der Waals surface area (Å²) in [5.41, 5.74) is 0.723. The molecule has 1 fully saturated rings. The monoisotopic (exact) mass is 325 g/mol. The predicted molar refractivity (Wildman–Crippen MR) is 101 cm³/mol. The lowest BCUT2D eigenvalue weighted by molar-refractivity contribution is 0.0931. The number of hydrogen-bond donors (Lipinski definition) is 1. The highest BCUT2D eigenvalue weighted by Gasteiger charge is 2.13. The number of amides is 1. The summed E-state index contributed by atoms with van der Waals surface area (Å²) >= 11 is 0. The fourth-order valence-electron chi connectivity index (χ4n) is 3.25. The van der Waals surface area contributed by atoms with E-state index in [0.717, 1.165) is 18.4 Å². The first-order valence-corrected chi connectivity index (χ1v) is 9.55. The van der Waals surface area contributed by atoms with Crippen molar-refractivity contribution in [3.05, 3.63) is 60.2 Å². The summed E-state index contributed by atoms with van der Waals surface area (Å²) in [7, 11) is 0. The summed E-state index contributed by atoms with van der Waals surface area (Å²) in [6.07, 6.45) is 12.7. The van der Waals surface area contributed by atoms with Gasteiger partial charge in [0.15, 0.2) is 0 Å². The SMILES string of the molecule is O=C(NC1CCCCCCCCCC1)c1ccccccccc1. The van der Waals surface area contributed by atoms with Crippen LogP contribution in [0.4, 0.5) is 0 Å². The molecule has 0 aromatic heterocycles. The standard InChI is InChI=1S/C22H31NO/c24-22(20-16-12-8-4-3-5-9-13-17-20)23-21-18-14-10-6-1-2-7-11-15-19-21/h3-5,8-9,12-13,16-17,21H,1-2,6-7,10-11,14-15,18-19H2,(H,23,24). The molecule has 1 aliphatic carbocycles. The molecule has 0 saturated heterocycles. The Morgan fingerprint density at radius 1 is 0.667 bits per heavy atom. The van der Waals surface area contributed by atoms with Crippen molar-refractivity contribution in [2.24, 2.45) is 0 Å². The van der Waals surface area contributed by atoms with E-state index in [9.17, 15) is 4.79 Å². The molecule has 1 saturated carbocycles. The Balaban J connectivity index is 2.00. The first kappa shape index (κ1) is 18.5. The molecule has 0 radical (unpaired) electrons. The first-order valence-electron chi connectivity index (χ1n) is 9.55. The highest BCUT2D eigenvalue weighted by atomic mass is 16.1. The second kappa shape index (κ2) is 11.7. The van der Waals surface area contributed by atoms with E-state index in [-0.39, 0.29) is 5.91 Å². The maximum atomic E-state index is 12.6. The fourth-order valence-corrected chi connectivity index (χ4v) is 3.25. The van der Waals surface area contributed by atoms with E-state index in [4.69, 9.17) is 0 Å². The van der Waals surface area contributed by atoms with Gasteiger partial charge in [0.05, 0.1) is 0 Å². The van der Waals surface area contributed by atoms with Gasteiger partial charge in [-0.3, -0.25) is 4.79 Å². The van der Waals surface area contributed by atoms with Crippen molar-refractivity contribution < 1.29 is 4.79 Å². The molecule has 1 aromatic rings. The Labute approximate surface area is 147 Å². The molecule has 2 nitrogen and oxygen atoms in total. The molecule has 1 aromatic carbocycles. The number of carbonyl (C=O) groups excluding carboxylic acids is 1. The second-order valence-corrected chi connectivity index (χ2v) is 6.71.